The third kappa shape index (κ3) is 4.92. The summed E-state index contributed by atoms with van der Waals surface area (Å²) in [5.74, 6) is 2.75. The molecule has 0 aliphatic carbocycles. The molecule has 0 amide bonds. The number of terminal acetylenes is 1. The van der Waals surface area contributed by atoms with E-state index in [1.807, 2.05) is 25.1 Å². The summed E-state index contributed by atoms with van der Waals surface area (Å²) < 4.78 is 19.8. The van der Waals surface area contributed by atoms with Gasteiger partial charge in [-0.1, -0.05) is 30.2 Å². The molecule has 0 atom stereocenters. The Morgan fingerprint density at radius 3 is 2.32 bits per heavy atom. The van der Waals surface area contributed by atoms with Gasteiger partial charge in [0.05, 0.1) is 14.2 Å². The van der Waals surface area contributed by atoms with E-state index in [1.165, 1.54) is 14.2 Å². The Morgan fingerprint density at radius 1 is 1.00 bits per heavy atom. The van der Waals surface area contributed by atoms with Crippen LogP contribution < -0.4 is 4.74 Å². The van der Waals surface area contributed by atoms with E-state index in [1.54, 1.807) is 30.3 Å². The summed E-state index contributed by atoms with van der Waals surface area (Å²) in [6.07, 6.45) is 5.04. The van der Waals surface area contributed by atoms with E-state index >= 15 is 0 Å². The zero-order chi connectivity index (χ0) is 20.5. The lowest BCUT2D eigenvalue weighted by atomic mass is 10.1. The maximum atomic E-state index is 11.4. The summed E-state index contributed by atoms with van der Waals surface area (Å²) in [7, 11) is 2.68. The van der Waals surface area contributed by atoms with Crippen molar-refractivity contribution in [3.8, 4) is 18.1 Å². The second-order valence-corrected chi connectivity index (χ2v) is 5.55. The minimum atomic E-state index is -0.433. The molecule has 6 nitrogen and oxygen atoms in total. The van der Waals surface area contributed by atoms with Crippen LogP contribution in [0.5, 0.6) is 5.75 Å². The molecule has 1 heterocycles. The van der Waals surface area contributed by atoms with E-state index in [-0.39, 0.29) is 12.6 Å². The zero-order valence-electron chi connectivity index (χ0n) is 15.9. The second-order valence-electron chi connectivity index (χ2n) is 5.55. The molecule has 6 heteroatoms. The molecule has 0 fully saturated rings. The smallest absolute Gasteiger partial charge is 0.341 e. The molecule has 0 saturated carbocycles. The molecule has 0 unspecified atom stereocenters. The Kier molecular flexibility index (Phi) is 7.23. The number of hydrogen-bond donors (Lipinski definition) is 0. The first-order valence-corrected chi connectivity index (χ1v) is 8.32. The summed E-state index contributed by atoms with van der Waals surface area (Å²) in [5, 5.41) is 0.922. The molecule has 0 aliphatic heterocycles. The number of esters is 2. The molecule has 0 saturated heterocycles. The van der Waals surface area contributed by atoms with Gasteiger partial charge in [-0.25, -0.2) is 9.59 Å². The lowest BCUT2D eigenvalue weighted by molar-refractivity contribution is 0.0589. The van der Waals surface area contributed by atoms with Crippen molar-refractivity contribution in [3.63, 3.8) is 0 Å². The summed E-state index contributed by atoms with van der Waals surface area (Å²) in [5.41, 5.74) is 1.44. The lowest BCUT2D eigenvalue weighted by Gasteiger charge is -2.06. The molecule has 144 valence electrons. The van der Waals surface area contributed by atoms with Crippen LogP contribution in [0.25, 0.3) is 11.0 Å². The van der Waals surface area contributed by atoms with Crippen molar-refractivity contribution in [2.45, 2.75) is 6.92 Å². The van der Waals surface area contributed by atoms with Gasteiger partial charge in [0, 0.05) is 5.39 Å². The Balaban J connectivity index is 0.000000200. The second kappa shape index (κ2) is 9.83. The predicted octanol–water partition coefficient (Wildman–Crippen LogP) is 4.01. The van der Waals surface area contributed by atoms with Crippen molar-refractivity contribution < 1.29 is 28.2 Å². The maximum absolute atomic E-state index is 11.4. The molecule has 0 radical (unpaired) electrons. The maximum Gasteiger partial charge on any atom is 0.341 e. The highest BCUT2D eigenvalue weighted by Gasteiger charge is 2.13. The molecule has 3 rings (SSSR count). The van der Waals surface area contributed by atoms with E-state index < -0.39 is 5.97 Å². The van der Waals surface area contributed by atoms with Gasteiger partial charge >= 0.3 is 11.9 Å². The topological polar surface area (TPSA) is 75.0 Å². The van der Waals surface area contributed by atoms with Crippen molar-refractivity contribution in [1.29, 1.82) is 0 Å². The first kappa shape index (κ1) is 20.6. The highest BCUT2D eigenvalue weighted by molar-refractivity contribution is 6.02. The van der Waals surface area contributed by atoms with Crippen LogP contribution in [0.15, 0.2) is 52.9 Å². The SMILES string of the molecule is C#CCOc1ccccc1C(=O)OC.COC(=O)c1cccc2cc(C)oc12. The normalized spacial score (nSPS) is 9.64. The van der Waals surface area contributed by atoms with Gasteiger partial charge in [-0.05, 0) is 31.2 Å². The lowest BCUT2D eigenvalue weighted by Crippen LogP contribution is -2.05. The third-order valence-corrected chi connectivity index (χ3v) is 3.68. The van der Waals surface area contributed by atoms with Gasteiger partial charge in [0.1, 0.15) is 34.8 Å². The van der Waals surface area contributed by atoms with E-state index in [9.17, 15) is 9.59 Å². The Bertz CT molecular complexity index is 1010. The first-order chi connectivity index (χ1) is 13.5. The number of benzene rings is 2. The monoisotopic (exact) mass is 380 g/mol. The Labute approximate surface area is 163 Å². The number of ether oxygens (including phenoxy) is 3. The molecule has 0 spiro atoms. The van der Waals surface area contributed by atoms with Gasteiger partial charge in [-0.15, -0.1) is 6.42 Å². The third-order valence-electron chi connectivity index (χ3n) is 3.68. The van der Waals surface area contributed by atoms with Crippen molar-refractivity contribution in [2.24, 2.45) is 0 Å². The summed E-state index contributed by atoms with van der Waals surface area (Å²) >= 11 is 0. The summed E-state index contributed by atoms with van der Waals surface area (Å²) in [6, 6.07) is 14.1. The van der Waals surface area contributed by atoms with Crippen LogP contribution in [0, 0.1) is 19.3 Å². The average molecular weight is 380 g/mol. The zero-order valence-corrected chi connectivity index (χ0v) is 15.9. The Morgan fingerprint density at radius 2 is 1.64 bits per heavy atom. The molecule has 0 N–H and O–H groups in total. The summed E-state index contributed by atoms with van der Waals surface area (Å²) in [4.78, 5) is 22.6. The fourth-order valence-corrected chi connectivity index (χ4v) is 2.45. The molecule has 1 aromatic heterocycles. The van der Waals surface area contributed by atoms with Crippen LogP contribution in [0.3, 0.4) is 0 Å². The van der Waals surface area contributed by atoms with E-state index in [0.29, 0.717) is 22.5 Å². The fourth-order valence-electron chi connectivity index (χ4n) is 2.45. The molecular weight excluding hydrogens is 360 g/mol. The van der Waals surface area contributed by atoms with Gasteiger partial charge in [-0.3, -0.25) is 0 Å². The number of aryl methyl sites for hydroxylation is 1. The van der Waals surface area contributed by atoms with Crippen LogP contribution in [0.4, 0.5) is 0 Å². The van der Waals surface area contributed by atoms with Crippen molar-refractivity contribution in [2.75, 3.05) is 20.8 Å². The average Bonchev–Trinajstić information content (AvgIpc) is 3.11. The fraction of sp³-hybridized carbons (Fsp3) is 0.182. The first-order valence-electron chi connectivity index (χ1n) is 8.32. The van der Waals surface area contributed by atoms with Gasteiger partial charge < -0.3 is 18.6 Å². The number of fused-ring (bicyclic) bond motifs is 1. The van der Waals surface area contributed by atoms with E-state index in [0.717, 1.165) is 11.1 Å². The molecule has 28 heavy (non-hydrogen) atoms. The number of methoxy groups -OCH3 is 2. The largest absolute Gasteiger partial charge is 0.480 e. The molecular formula is C22H20O6. The number of carbonyl (C=O) groups is 2. The van der Waals surface area contributed by atoms with Gasteiger partial charge in [0.2, 0.25) is 0 Å². The van der Waals surface area contributed by atoms with E-state index in [4.69, 9.17) is 15.6 Å². The minimum absolute atomic E-state index is 0.133. The van der Waals surface area contributed by atoms with Crippen LogP contribution in [-0.4, -0.2) is 32.8 Å². The number of hydrogen-bond acceptors (Lipinski definition) is 6. The minimum Gasteiger partial charge on any atom is -0.480 e. The number of furan rings is 1. The number of rotatable bonds is 4. The highest BCUT2D eigenvalue weighted by Crippen LogP contribution is 2.23. The molecule has 0 bridgehead atoms. The standard InChI is InChI=1S/2C11H10O3/c1-7-6-8-4-3-5-9(10(8)14-7)11(12)13-2;1-3-8-14-10-7-5-4-6-9(10)11(12)13-2/h3-6H,1-2H3;1,4-7H,8H2,2H3. The molecule has 3 aromatic rings. The van der Waals surface area contributed by atoms with Crippen LogP contribution in [0.2, 0.25) is 0 Å². The van der Waals surface area contributed by atoms with E-state index in [2.05, 4.69) is 15.4 Å². The summed E-state index contributed by atoms with van der Waals surface area (Å²) in [6.45, 7) is 1.98. The van der Waals surface area contributed by atoms with Crippen LogP contribution in [0.1, 0.15) is 26.5 Å². The predicted molar refractivity (Wildman–Crippen MR) is 104 cm³/mol. The van der Waals surface area contributed by atoms with Crippen LogP contribution in [-0.2, 0) is 9.47 Å². The van der Waals surface area contributed by atoms with Crippen molar-refractivity contribution >= 4 is 22.9 Å². The van der Waals surface area contributed by atoms with Gasteiger partial charge in [0.15, 0.2) is 0 Å². The Hall–Kier alpha value is -3.72. The number of carbonyl (C=O) groups excluding carboxylic acids is 2. The molecule has 2 aromatic carbocycles. The highest BCUT2D eigenvalue weighted by atomic mass is 16.5. The number of para-hydroxylation sites is 2. The van der Waals surface area contributed by atoms with Crippen molar-refractivity contribution in [1.82, 2.24) is 0 Å². The van der Waals surface area contributed by atoms with Gasteiger partial charge in [-0.2, -0.15) is 0 Å². The molecule has 0 aliphatic rings. The quantitative estimate of drug-likeness (QED) is 0.503. The van der Waals surface area contributed by atoms with Crippen LogP contribution >= 0.6 is 0 Å². The van der Waals surface area contributed by atoms with Gasteiger partial charge in [0.25, 0.3) is 0 Å². The van der Waals surface area contributed by atoms with Crippen molar-refractivity contribution in [3.05, 3.63) is 65.4 Å².